The van der Waals surface area contributed by atoms with E-state index in [9.17, 15) is 0 Å². The van der Waals surface area contributed by atoms with Crippen molar-refractivity contribution in [3.8, 4) is 0 Å². The van der Waals surface area contributed by atoms with Crippen molar-refractivity contribution < 1.29 is 0 Å². The van der Waals surface area contributed by atoms with Gasteiger partial charge in [0.25, 0.3) is 0 Å². The molecule has 1 aromatic rings. The van der Waals surface area contributed by atoms with Crippen LogP contribution in [0.4, 0.5) is 0 Å². The predicted molar refractivity (Wildman–Crippen MR) is 63.8 cm³/mol. The second kappa shape index (κ2) is 5.02. The van der Waals surface area contributed by atoms with Crippen LogP contribution in [0.1, 0.15) is 18.4 Å². The molecule has 0 bridgehead atoms. The third-order valence-corrected chi connectivity index (χ3v) is 2.70. The lowest BCUT2D eigenvalue weighted by Crippen LogP contribution is -2.03. The minimum atomic E-state index is 0.324. The maximum absolute atomic E-state index is 5.83. The van der Waals surface area contributed by atoms with Crippen molar-refractivity contribution in [1.82, 2.24) is 0 Å². The molecule has 0 unspecified atom stereocenters. The molecule has 0 saturated heterocycles. The third-order valence-electron chi connectivity index (χ3n) is 2.45. The molecule has 0 aliphatic carbocycles. The molecule has 2 atom stereocenters. The molecule has 0 spiro atoms. The first-order valence-electron chi connectivity index (χ1n) is 4.69. The van der Waals surface area contributed by atoms with Gasteiger partial charge in [0.15, 0.2) is 0 Å². The van der Waals surface area contributed by atoms with Crippen LogP contribution in [0.2, 0.25) is 5.02 Å². The minimum absolute atomic E-state index is 0.324. The van der Waals surface area contributed by atoms with Crippen molar-refractivity contribution in [2.24, 2.45) is 5.92 Å². The Bertz CT molecular complexity index is 311. The minimum Gasteiger partial charge on any atom is -0.103 e. The lowest BCUT2D eigenvalue weighted by atomic mass is 9.87. The zero-order valence-corrected chi connectivity index (χ0v) is 9.17. The van der Waals surface area contributed by atoms with Crippen molar-refractivity contribution in [1.29, 1.82) is 0 Å². The highest BCUT2D eigenvalue weighted by atomic mass is 35.5. The highest BCUT2D eigenvalue weighted by molar-refractivity contribution is 6.30. The Balaban J connectivity index is 2.94. The molecule has 1 heteroatoms. The Morgan fingerprint density at radius 1 is 1.14 bits per heavy atom. The standard InChI is InChI=1S/C13H15Cl/c1-4-10(3)13(5-2)11-6-8-12(14)9-7-11/h4-10,13H,1-2H2,3H3/t10-,13-/m1/s1. The normalized spacial score (nSPS) is 14.4. The van der Waals surface area contributed by atoms with E-state index in [0.29, 0.717) is 11.8 Å². The molecule has 0 N–H and O–H groups in total. The van der Waals surface area contributed by atoms with Crippen molar-refractivity contribution in [3.63, 3.8) is 0 Å². The molecule has 0 saturated carbocycles. The molecule has 0 aliphatic rings. The van der Waals surface area contributed by atoms with Gasteiger partial charge in [-0.05, 0) is 23.6 Å². The lowest BCUT2D eigenvalue weighted by Gasteiger charge is -2.17. The third kappa shape index (κ3) is 2.49. The summed E-state index contributed by atoms with van der Waals surface area (Å²) in [7, 11) is 0. The quantitative estimate of drug-likeness (QED) is 0.640. The van der Waals surface area contributed by atoms with Crippen LogP contribution in [0.5, 0.6) is 0 Å². The van der Waals surface area contributed by atoms with E-state index in [1.54, 1.807) is 0 Å². The molecule has 0 nitrogen and oxygen atoms in total. The fraction of sp³-hybridized carbons (Fsp3) is 0.231. The second-order valence-corrected chi connectivity index (χ2v) is 3.84. The predicted octanol–water partition coefficient (Wildman–Crippen LogP) is 4.43. The van der Waals surface area contributed by atoms with Crippen LogP contribution in [-0.4, -0.2) is 0 Å². The van der Waals surface area contributed by atoms with Gasteiger partial charge >= 0.3 is 0 Å². The smallest absolute Gasteiger partial charge is 0.0406 e. The van der Waals surface area contributed by atoms with Gasteiger partial charge in [0, 0.05) is 10.9 Å². The summed E-state index contributed by atoms with van der Waals surface area (Å²) in [6, 6.07) is 7.88. The van der Waals surface area contributed by atoms with Gasteiger partial charge in [-0.3, -0.25) is 0 Å². The van der Waals surface area contributed by atoms with E-state index < -0.39 is 0 Å². The summed E-state index contributed by atoms with van der Waals surface area (Å²) in [4.78, 5) is 0. The molecular formula is C13H15Cl. The van der Waals surface area contributed by atoms with Crippen LogP contribution in [0.15, 0.2) is 49.6 Å². The molecule has 0 aliphatic heterocycles. The fourth-order valence-electron chi connectivity index (χ4n) is 1.49. The molecular weight excluding hydrogens is 192 g/mol. The fourth-order valence-corrected chi connectivity index (χ4v) is 1.61. The van der Waals surface area contributed by atoms with Crippen molar-refractivity contribution in [2.45, 2.75) is 12.8 Å². The first-order chi connectivity index (χ1) is 6.69. The van der Waals surface area contributed by atoms with Gasteiger partial charge in [-0.1, -0.05) is 42.8 Å². The van der Waals surface area contributed by atoms with E-state index in [0.717, 1.165) is 5.02 Å². The first-order valence-corrected chi connectivity index (χ1v) is 5.07. The van der Waals surface area contributed by atoms with Gasteiger partial charge in [0.2, 0.25) is 0 Å². The van der Waals surface area contributed by atoms with Gasteiger partial charge in [-0.2, -0.15) is 0 Å². The highest BCUT2D eigenvalue weighted by Gasteiger charge is 2.12. The Labute approximate surface area is 90.9 Å². The van der Waals surface area contributed by atoms with Crippen LogP contribution in [0.3, 0.4) is 0 Å². The summed E-state index contributed by atoms with van der Waals surface area (Å²) < 4.78 is 0. The van der Waals surface area contributed by atoms with Gasteiger partial charge in [-0.25, -0.2) is 0 Å². The summed E-state index contributed by atoms with van der Waals surface area (Å²) in [6.45, 7) is 9.78. The molecule has 14 heavy (non-hydrogen) atoms. The second-order valence-electron chi connectivity index (χ2n) is 3.41. The summed E-state index contributed by atoms with van der Waals surface area (Å²) >= 11 is 5.83. The van der Waals surface area contributed by atoms with Crippen LogP contribution in [0.25, 0.3) is 0 Å². The number of hydrogen-bond donors (Lipinski definition) is 0. The topological polar surface area (TPSA) is 0 Å². The molecule has 1 rings (SSSR count). The van der Waals surface area contributed by atoms with E-state index in [1.165, 1.54) is 5.56 Å². The molecule has 1 aromatic carbocycles. The first kappa shape index (κ1) is 11.1. The maximum atomic E-state index is 5.83. The summed E-state index contributed by atoms with van der Waals surface area (Å²) in [5, 5.41) is 0.766. The van der Waals surface area contributed by atoms with E-state index in [2.05, 4.69) is 20.1 Å². The zero-order valence-electron chi connectivity index (χ0n) is 8.41. The summed E-state index contributed by atoms with van der Waals surface area (Å²) in [5.41, 5.74) is 1.23. The van der Waals surface area contributed by atoms with E-state index in [1.807, 2.05) is 36.4 Å². The van der Waals surface area contributed by atoms with Crippen molar-refractivity contribution in [2.75, 3.05) is 0 Å². The average Bonchev–Trinajstić information content (AvgIpc) is 2.21. The lowest BCUT2D eigenvalue weighted by molar-refractivity contribution is 0.644. The number of hydrogen-bond acceptors (Lipinski definition) is 0. The number of allylic oxidation sites excluding steroid dienone is 2. The molecule has 74 valence electrons. The Morgan fingerprint density at radius 3 is 2.14 bits per heavy atom. The summed E-state index contributed by atoms with van der Waals surface area (Å²) in [6.07, 6.45) is 3.90. The Kier molecular flexibility index (Phi) is 3.97. The van der Waals surface area contributed by atoms with Crippen LogP contribution >= 0.6 is 11.6 Å². The van der Waals surface area contributed by atoms with Gasteiger partial charge < -0.3 is 0 Å². The van der Waals surface area contributed by atoms with Crippen LogP contribution < -0.4 is 0 Å². The maximum Gasteiger partial charge on any atom is 0.0406 e. The molecule has 0 radical (unpaired) electrons. The molecule has 0 aromatic heterocycles. The summed E-state index contributed by atoms with van der Waals surface area (Å²) in [5.74, 6) is 0.721. The average molecular weight is 207 g/mol. The van der Waals surface area contributed by atoms with Gasteiger partial charge in [-0.15, -0.1) is 13.2 Å². The van der Waals surface area contributed by atoms with Crippen molar-refractivity contribution in [3.05, 3.63) is 60.2 Å². The Morgan fingerprint density at radius 2 is 1.71 bits per heavy atom. The molecule has 0 fully saturated rings. The number of rotatable bonds is 4. The number of halogens is 1. The zero-order chi connectivity index (χ0) is 10.6. The Hall–Kier alpha value is -1.01. The molecule has 0 heterocycles. The van der Waals surface area contributed by atoms with E-state index in [4.69, 9.17) is 11.6 Å². The SMILES string of the molecule is C=C[C@@H](C)[C@@H](C=C)c1ccc(Cl)cc1. The molecule has 0 amide bonds. The van der Waals surface area contributed by atoms with E-state index in [-0.39, 0.29) is 0 Å². The largest absolute Gasteiger partial charge is 0.103 e. The number of benzene rings is 1. The van der Waals surface area contributed by atoms with Crippen LogP contribution in [0, 0.1) is 5.92 Å². The van der Waals surface area contributed by atoms with Crippen molar-refractivity contribution >= 4 is 11.6 Å². The van der Waals surface area contributed by atoms with Gasteiger partial charge in [0.05, 0.1) is 0 Å². The van der Waals surface area contributed by atoms with E-state index >= 15 is 0 Å². The highest BCUT2D eigenvalue weighted by Crippen LogP contribution is 2.27. The monoisotopic (exact) mass is 206 g/mol. The van der Waals surface area contributed by atoms with Crippen LogP contribution in [-0.2, 0) is 0 Å². The van der Waals surface area contributed by atoms with Gasteiger partial charge in [0.1, 0.15) is 0 Å².